The molecular formula is C18H23NO6. The van der Waals surface area contributed by atoms with Gasteiger partial charge in [0, 0.05) is 5.92 Å². The number of aliphatic imine (C=N–C) groups is 1. The van der Waals surface area contributed by atoms with Gasteiger partial charge in [0.1, 0.15) is 12.2 Å². The molecule has 2 fully saturated rings. The molecule has 0 radical (unpaired) electrons. The van der Waals surface area contributed by atoms with Crippen LogP contribution in [0.1, 0.15) is 31.7 Å². The maximum absolute atomic E-state index is 11.0. The third-order valence-electron chi connectivity index (χ3n) is 4.82. The van der Waals surface area contributed by atoms with Crippen molar-refractivity contribution in [3.05, 3.63) is 23.8 Å². The second-order valence-corrected chi connectivity index (χ2v) is 6.80. The lowest BCUT2D eigenvalue weighted by Gasteiger charge is -2.38. The van der Waals surface area contributed by atoms with Crippen LogP contribution in [-0.2, 0) is 14.3 Å². The third kappa shape index (κ3) is 3.28. The largest absolute Gasteiger partial charge is 0.493 e. The summed E-state index contributed by atoms with van der Waals surface area (Å²) in [6, 6.07) is 5.02. The van der Waals surface area contributed by atoms with E-state index in [4.69, 9.17) is 18.9 Å². The molecule has 1 aliphatic carbocycles. The molecule has 0 unspecified atom stereocenters. The van der Waals surface area contributed by atoms with Gasteiger partial charge in [0.25, 0.3) is 0 Å². The fraction of sp³-hybridized carbons (Fsp3) is 0.611. The Bertz CT molecular complexity index is 684. The Morgan fingerprint density at radius 3 is 2.52 bits per heavy atom. The highest BCUT2D eigenvalue weighted by Crippen LogP contribution is 2.45. The van der Waals surface area contributed by atoms with Crippen molar-refractivity contribution in [2.45, 2.75) is 56.3 Å². The van der Waals surface area contributed by atoms with Gasteiger partial charge < -0.3 is 24.1 Å². The van der Waals surface area contributed by atoms with Crippen molar-refractivity contribution in [3.8, 4) is 11.5 Å². The number of aliphatic hydroxyl groups excluding tert-OH is 1. The van der Waals surface area contributed by atoms with Gasteiger partial charge in [-0.15, -0.1) is 0 Å². The third-order valence-corrected chi connectivity index (χ3v) is 4.82. The van der Waals surface area contributed by atoms with Crippen LogP contribution in [-0.4, -0.2) is 55.5 Å². The molecule has 0 amide bonds. The van der Waals surface area contributed by atoms with Crippen molar-refractivity contribution in [1.29, 1.82) is 0 Å². The van der Waals surface area contributed by atoms with Crippen molar-refractivity contribution in [1.82, 2.24) is 0 Å². The summed E-state index contributed by atoms with van der Waals surface area (Å²) in [7, 11) is 3.13. The molecule has 0 bridgehead atoms. The zero-order valence-corrected chi connectivity index (χ0v) is 14.8. The van der Waals surface area contributed by atoms with E-state index in [9.17, 15) is 9.90 Å². The molecule has 1 aromatic carbocycles. The highest BCUT2D eigenvalue weighted by molar-refractivity contribution is 5.45. The summed E-state index contributed by atoms with van der Waals surface area (Å²) in [6.07, 6.45) is 0.285. The number of carbonyl (C=O) groups excluding carboxylic acids is 1. The molecule has 5 atom stereocenters. The number of aliphatic hydroxyl groups is 1. The topological polar surface area (TPSA) is 86.6 Å². The lowest BCUT2D eigenvalue weighted by atomic mass is 9.76. The number of hydrogen-bond acceptors (Lipinski definition) is 7. The van der Waals surface area contributed by atoms with Crippen LogP contribution in [0.5, 0.6) is 11.5 Å². The lowest BCUT2D eigenvalue weighted by Crippen LogP contribution is -2.50. The average Bonchev–Trinajstić information content (AvgIpc) is 2.92. The Labute approximate surface area is 146 Å². The monoisotopic (exact) mass is 349 g/mol. The number of ether oxygens (including phenoxy) is 4. The number of hydrogen-bond donors (Lipinski definition) is 1. The van der Waals surface area contributed by atoms with E-state index in [2.05, 4.69) is 4.99 Å². The molecule has 2 aliphatic rings. The first-order chi connectivity index (χ1) is 11.9. The van der Waals surface area contributed by atoms with Gasteiger partial charge in [0.05, 0.1) is 26.4 Å². The lowest BCUT2D eigenvalue weighted by molar-refractivity contribution is -0.153. The Morgan fingerprint density at radius 2 is 1.88 bits per heavy atom. The standard InChI is InChI=1S/C18H23NO6/c1-18(2)24-16-12(21)8-11(15(19-9-20)17(16)25-18)10-5-6-13(22-3)14(7-10)23-4/h5-7,11-12,15-17,21H,8H2,1-4H3/t11-,12+,15-,16+,17-/m1/s1. The van der Waals surface area contributed by atoms with Gasteiger partial charge in [-0.25, -0.2) is 4.79 Å². The SMILES string of the molecule is COc1ccc([C@H]2C[C@H](O)[C@@H]3OC(C)(C)O[C@@H]3[C@@H]2N=C=O)cc1OC. The first-order valence-electron chi connectivity index (χ1n) is 8.23. The molecule has 25 heavy (non-hydrogen) atoms. The number of isocyanates is 1. The van der Waals surface area contributed by atoms with Crippen molar-refractivity contribution in [2.75, 3.05) is 14.2 Å². The Hall–Kier alpha value is -1.92. The number of methoxy groups -OCH3 is 2. The van der Waals surface area contributed by atoms with Crippen molar-refractivity contribution in [2.24, 2.45) is 4.99 Å². The Morgan fingerprint density at radius 1 is 1.20 bits per heavy atom. The normalized spacial score (nSPS) is 33.2. The molecule has 1 N–H and O–H groups in total. The van der Waals surface area contributed by atoms with Gasteiger partial charge in [-0.1, -0.05) is 6.07 Å². The predicted molar refractivity (Wildman–Crippen MR) is 88.6 cm³/mol. The summed E-state index contributed by atoms with van der Waals surface area (Å²) in [4.78, 5) is 15.0. The molecule has 7 heteroatoms. The highest BCUT2D eigenvalue weighted by atomic mass is 16.8. The molecule has 1 heterocycles. The Kier molecular flexibility index (Phi) is 4.84. The molecule has 1 aromatic rings. The summed E-state index contributed by atoms with van der Waals surface area (Å²) in [6.45, 7) is 3.57. The van der Waals surface area contributed by atoms with Gasteiger partial charge >= 0.3 is 0 Å². The molecule has 136 valence electrons. The maximum Gasteiger partial charge on any atom is 0.235 e. The minimum atomic E-state index is -0.834. The highest BCUT2D eigenvalue weighted by Gasteiger charge is 2.54. The molecule has 0 aromatic heterocycles. The number of fused-ring (bicyclic) bond motifs is 1. The number of nitrogens with zero attached hydrogens (tertiary/aromatic N) is 1. The molecule has 1 saturated carbocycles. The van der Waals surface area contributed by atoms with E-state index in [0.717, 1.165) is 5.56 Å². The van der Waals surface area contributed by atoms with Crippen LogP contribution in [0.4, 0.5) is 0 Å². The van der Waals surface area contributed by atoms with E-state index < -0.39 is 30.1 Å². The van der Waals surface area contributed by atoms with E-state index >= 15 is 0 Å². The smallest absolute Gasteiger partial charge is 0.235 e. The van der Waals surface area contributed by atoms with E-state index in [1.165, 1.54) is 0 Å². The first kappa shape index (κ1) is 17.9. The second-order valence-electron chi connectivity index (χ2n) is 6.80. The van der Waals surface area contributed by atoms with Gasteiger partial charge in [0.2, 0.25) is 6.08 Å². The van der Waals surface area contributed by atoms with Crippen LogP contribution >= 0.6 is 0 Å². The van der Waals surface area contributed by atoms with Crippen LogP contribution in [0.2, 0.25) is 0 Å². The van der Waals surface area contributed by atoms with Gasteiger partial charge in [-0.05, 0) is 38.0 Å². The minimum Gasteiger partial charge on any atom is -0.493 e. The van der Waals surface area contributed by atoms with Gasteiger partial charge in [-0.2, -0.15) is 4.99 Å². The van der Waals surface area contributed by atoms with E-state index in [1.807, 2.05) is 12.1 Å². The molecule has 7 nitrogen and oxygen atoms in total. The Balaban J connectivity index is 1.99. The number of rotatable bonds is 4. The van der Waals surface area contributed by atoms with Crippen LogP contribution < -0.4 is 9.47 Å². The molecule has 1 aliphatic heterocycles. The van der Waals surface area contributed by atoms with Crippen LogP contribution in [0.3, 0.4) is 0 Å². The van der Waals surface area contributed by atoms with Crippen LogP contribution in [0.25, 0.3) is 0 Å². The second kappa shape index (κ2) is 6.77. The molecule has 1 saturated heterocycles. The van der Waals surface area contributed by atoms with Crippen LogP contribution in [0.15, 0.2) is 23.2 Å². The van der Waals surface area contributed by atoms with Gasteiger partial charge in [0.15, 0.2) is 17.3 Å². The summed E-state index contributed by atoms with van der Waals surface area (Å²) >= 11 is 0. The van der Waals surface area contributed by atoms with Gasteiger partial charge in [-0.3, -0.25) is 0 Å². The molecule has 0 spiro atoms. The fourth-order valence-electron chi connectivity index (χ4n) is 3.78. The van der Waals surface area contributed by atoms with E-state index in [-0.39, 0.29) is 5.92 Å². The van der Waals surface area contributed by atoms with Crippen molar-refractivity contribution >= 4 is 6.08 Å². The fourth-order valence-corrected chi connectivity index (χ4v) is 3.78. The summed E-state index contributed by atoms with van der Waals surface area (Å²) < 4.78 is 22.4. The summed E-state index contributed by atoms with van der Waals surface area (Å²) in [5.74, 6) is 0.126. The summed E-state index contributed by atoms with van der Waals surface area (Å²) in [5.41, 5.74) is 0.882. The molecular weight excluding hydrogens is 326 g/mol. The van der Waals surface area contributed by atoms with E-state index in [1.54, 1.807) is 40.2 Å². The summed E-state index contributed by atoms with van der Waals surface area (Å²) in [5, 5.41) is 10.6. The van der Waals surface area contributed by atoms with Crippen molar-refractivity contribution < 1.29 is 28.8 Å². The average molecular weight is 349 g/mol. The quantitative estimate of drug-likeness (QED) is 0.659. The maximum atomic E-state index is 11.0. The van der Waals surface area contributed by atoms with Crippen LogP contribution in [0, 0.1) is 0 Å². The first-order valence-corrected chi connectivity index (χ1v) is 8.23. The zero-order chi connectivity index (χ0) is 18.2. The zero-order valence-electron chi connectivity index (χ0n) is 14.8. The molecule has 3 rings (SSSR count). The predicted octanol–water partition coefficient (Wildman–Crippen LogP) is 1.78. The van der Waals surface area contributed by atoms with E-state index in [0.29, 0.717) is 17.9 Å². The van der Waals surface area contributed by atoms with Crippen molar-refractivity contribution in [3.63, 3.8) is 0 Å². The number of benzene rings is 1. The minimum absolute atomic E-state index is 0.227.